The molecule has 21 heavy (non-hydrogen) atoms. The quantitative estimate of drug-likeness (QED) is 0.653. The van der Waals surface area contributed by atoms with Gasteiger partial charge in [0.05, 0.1) is 25.0 Å². The SMILES string of the molecule is C=C(OCC)c1nc2scc(CC(=O)OCC)c2c(=O)[nH]1. The number of nitrogens with zero attached hydrogens (tertiary/aromatic N) is 1. The maximum absolute atomic E-state index is 12.2. The van der Waals surface area contributed by atoms with Gasteiger partial charge in [0.1, 0.15) is 4.83 Å². The van der Waals surface area contributed by atoms with Crippen molar-refractivity contribution >= 4 is 33.3 Å². The fraction of sp³-hybridized carbons (Fsp3) is 0.357. The molecule has 2 aromatic rings. The second-order valence-corrected chi connectivity index (χ2v) is 5.05. The van der Waals surface area contributed by atoms with Crippen LogP contribution in [0, 0.1) is 0 Å². The van der Waals surface area contributed by atoms with Crippen LogP contribution in [-0.2, 0) is 20.7 Å². The summed E-state index contributed by atoms with van der Waals surface area (Å²) < 4.78 is 10.1. The van der Waals surface area contributed by atoms with Gasteiger partial charge in [-0.25, -0.2) is 4.98 Å². The molecule has 0 spiro atoms. The Bertz CT molecular complexity index is 732. The second kappa shape index (κ2) is 6.53. The highest BCUT2D eigenvalue weighted by Gasteiger charge is 2.15. The molecule has 0 aliphatic carbocycles. The molecule has 0 aromatic carbocycles. The molecule has 2 aromatic heterocycles. The van der Waals surface area contributed by atoms with Crippen molar-refractivity contribution in [3.63, 3.8) is 0 Å². The van der Waals surface area contributed by atoms with E-state index in [0.29, 0.717) is 40.6 Å². The summed E-state index contributed by atoms with van der Waals surface area (Å²) in [5, 5.41) is 2.16. The van der Waals surface area contributed by atoms with Crippen LogP contribution in [-0.4, -0.2) is 29.2 Å². The molecule has 0 radical (unpaired) electrons. The van der Waals surface area contributed by atoms with Gasteiger partial charge in [0.25, 0.3) is 5.56 Å². The third-order valence-corrected chi connectivity index (χ3v) is 3.66. The van der Waals surface area contributed by atoms with Crippen molar-refractivity contribution in [2.24, 2.45) is 0 Å². The van der Waals surface area contributed by atoms with Gasteiger partial charge in [-0.2, -0.15) is 0 Å². The van der Waals surface area contributed by atoms with Crippen molar-refractivity contribution in [2.75, 3.05) is 13.2 Å². The topological polar surface area (TPSA) is 81.3 Å². The van der Waals surface area contributed by atoms with Crippen molar-refractivity contribution in [1.29, 1.82) is 0 Å². The summed E-state index contributed by atoms with van der Waals surface area (Å²) >= 11 is 1.30. The van der Waals surface area contributed by atoms with Crippen LogP contribution in [0.4, 0.5) is 0 Å². The van der Waals surface area contributed by atoms with E-state index in [1.165, 1.54) is 11.3 Å². The average molecular weight is 308 g/mol. The van der Waals surface area contributed by atoms with Crippen LogP contribution < -0.4 is 5.56 Å². The van der Waals surface area contributed by atoms with Crippen molar-refractivity contribution in [1.82, 2.24) is 9.97 Å². The largest absolute Gasteiger partial charge is 0.491 e. The molecule has 7 heteroatoms. The Labute approximate surface area is 125 Å². The average Bonchev–Trinajstić information content (AvgIpc) is 2.82. The van der Waals surface area contributed by atoms with E-state index in [1.807, 2.05) is 6.92 Å². The van der Waals surface area contributed by atoms with E-state index in [4.69, 9.17) is 9.47 Å². The Morgan fingerprint density at radius 3 is 2.76 bits per heavy atom. The number of fused-ring (bicyclic) bond motifs is 1. The molecular formula is C14H16N2O4S. The minimum absolute atomic E-state index is 0.0599. The summed E-state index contributed by atoms with van der Waals surface area (Å²) in [6.07, 6.45) is 0.0599. The van der Waals surface area contributed by atoms with Gasteiger partial charge < -0.3 is 14.5 Å². The Morgan fingerprint density at radius 1 is 1.38 bits per heavy atom. The second-order valence-electron chi connectivity index (χ2n) is 4.19. The van der Waals surface area contributed by atoms with Gasteiger partial charge in [-0.15, -0.1) is 11.3 Å². The summed E-state index contributed by atoms with van der Waals surface area (Å²) in [5.41, 5.74) is 0.312. The number of aromatic nitrogens is 2. The molecule has 0 aliphatic heterocycles. The number of carbonyl (C=O) groups is 1. The standard InChI is InChI=1S/C14H16N2O4S/c1-4-19-8(3)12-15-13(18)11-9(6-10(17)20-5-2)7-21-14(11)16-12/h7H,3-6H2,1-2H3,(H,15,16,18). The van der Waals surface area contributed by atoms with Gasteiger partial charge in [-0.05, 0) is 24.8 Å². The van der Waals surface area contributed by atoms with Crippen LogP contribution >= 0.6 is 11.3 Å². The summed E-state index contributed by atoms with van der Waals surface area (Å²) in [5.74, 6) is 0.259. The van der Waals surface area contributed by atoms with Crippen LogP contribution in [0.1, 0.15) is 25.2 Å². The van der Waals surface area contributed by atoms with E-state index < -0.39 is 0 Å². The molecule has 6 nitrogen and oxygen atoms in total. The van der Waals surface area contributed by atoms with Crippen molar-refractivity contribution < 1.29 is 14.3 Å². The Hall–Kier alpha value is -2.15. The number of rotatable bonds is 6. The molecule has 1 N–H and O–H groups in total. The molecular weight excluding hydrogens is 292 g/mol. The number of thiophene rings is 1. The maximum Gasteiger partial charge on any atom is 0.310 e. The highest BCUT2D eigenvalue weighted by Crippen LogP contribution is 2.23. The van der Waals surface area contributed by atoms with Crippen LogP contribution in [0.2, 0.25) is 0 Å². The van der Waals surface area contributed by atoms with Crippen LogP contribution in [0.25, 0.3) is 16.0 Å². The monoisotopic (exact) mass is 308 g/mol. The zero-order valence-corrected chi connectivity index (χ0v) is 12.7. The number of esters is 1. The van der Waals surface area contributed by atoms with Crippen molar-refractivity contribution in [3.05, 3.63) is 33.7 Å². The minimum Gasteiger partial charge on any atom is -0.491 e. The number of carbonyl (C=O) groups excluding carboxylic acids is 1. The van der Waals surface area contributed by atoms with E-state index in [1.54, 1.807) is 12.3 Å². The third-order valence-electron chi connectivity index (χ3n) is 2.74. The predicted molar refractivity (Wildman–Crippen MR) is 81.2 cm³/mol. The molecule has 2 heterocycles. The van der Waals surface area contributed by atoms with Gasteiger partial charge in [0.2, 0.25) is 0 Å². The molecule has 0 saturated heterocycles. The van der Waals surface area contributed by atoms with Crippen LogP contribution in [0.5, 0.6) is 0 Å². The summed E-state index contributed by atoms with van der Waals surface area (Å²) in [6.45, 7) is 8.04. The lowest BCUT2D eigenvalue weighted by molar-refractivity contribution is -0.142. The summed E-state index contributed by atoms with van der Waals surface area (Å²) in [7, 11) is 0. The molecule has 0 bridgehead atoms. The predicted octanol–water partition coefficient (Wildman–Crippen LogP) is 2.10. The Morgan fingerprint density at radius 2 is 2.10 bits per heavy atom. The van der Waals surface area contributed by atoms with Gasteiger partial charge in [0, 0.05) is 0 Å². The summed E-state index contributed by atoms with van der Waals surface area (Å²) in [4.78, 5) is 31.2. The number of aromatic amines is 1. The molecule has 2 rings (SSSR count). The van der Waals surface area contributed by atoms with Gasteiger partial charge >= 0.3 is 5.97 Å². The lowest BCUT2D eigenvalue weighted by Crippen LogP contribution is -2.14. The first kappa shape index (κ1) is 15.2. The highest BCUT2D eigenvalue weighted by molar-refractivity contribution is 7.16. The van der Waals surface area contributed by atoms with Gasteiger partial charge in [-0.1, -0.05) is 6.58 Å². The fourth-order valence-electron chi connectivity index (χ4n) is 1.88. The Kier molecular flexibility index (Phi) is 4.74. The zero-order chi connectivity index (χ0) is 15.4. The third kappa shape index (κ3) is 3.30. The summed E-state index contributed by atoms with van der Waals surface area (Å²) in [6, 6.07) is 0. The molecule has 0 unspecified atom stereocenters. The molecule has 0 atom stereocenters. The van der Waals surface area contributed by atoms with E-state index in [-0.39, 0.29) is 17.9 Å². The van der Waals surface area contributed by atoms with Crippen LogP contribution in [0.15, 0.2) is 16.8 Å². The van der Waals surface area contributed by atoms with Gasteiger partial charge in [-0.3, -0.25) is 9.59 Å². The van der Waals surface area contributed by atoms with Crippen molar-refractivity contribution in [3.8, 4) is 0 Å². The Balaban J connectivity index is 2.39. The number of H-pyrrole nitrogens is 1. The van der Waals surface area contributed by atoms with Gasteiger partial charge in [0.15, 0.2) is 11.6 Å². The first-order chi connectivity index (χ1) is 10.1. The number of hydrogen-bond acceptors (Lipinski definition) is 6. The molecule has 112 valence electrons. The zero-order valence-electron chi connectivity index (χ0n) is 11.9. The molecule has 0 aliphatic rings. The fourth-order valence-corrected chi connectivity index (χ4v) is 2.82. The number of ether oxygens (including phenoxy) is 2. The molecule has 0 saturated carbocycles. The van der Waals surface area contributed by atoms with Crippen molar-refractivity contribution in [2.45, 2.75) is 20.3 Å². The number of hydrogen-bond donors (Lipinski definition) is 1. The van der Waals surface area contributed by atoms with Crippen LogP contribution in [0.3, 0.4) is 0 Å². The first-order valence-electron chi connectivity index (χ1n) is 6.54. The van der Waals surface area contributed by atoms with E-state index in [9.17, 15) is 9.59 Å². The lowest BCUT2D eigenvalue weighted by atomic mass is 10.2. The van der Waals surface area contributed by atoms with E-state index in [0.717, 1.165) is 0 Å². The van der Waals surface area contributed by atoms with E-state index >= 15 is 0 Å². The number of nitrogens with one attached hydrogen (secondary N) is 1. The smallest absolute Gasteiger partial charge is 0.310 e. The molecule has 0 amide bonds. The first-order valence-corrected chi connectivity index (χ1v) is 7.42. The normalized spacial score (nSPS) is 10.6. The maximum atomic E-state index is 12.2. The molecule has 0 fully saturated rings. The lowest BCUT2D eigenvalue weighted by Gasteiger charge is -2.05. The van der Waals surface area contributed by atoms with E-state index in [2.05, 4.69) is 16.5 Å². The minimum atomic E-state index is -0.362. The highest BCUT2D eigenvalue weighted by atomic mass is 32.1.